The molecule has 0 saturated heterocycles. The molecule has 1 aromatic carbocycles. The largest absolute Gasteiger partial charge is 0.424 e. The van der Waals surface area contributed by atoms with E-state index in [1.807, 2.05) is 25.9 Å². The molecule has 3 aromatic rings. The Morgan fingerprint density at radius 2 is 2.17 bits per heavy atom. The lowest BCUT2D eigenvalue weighted by Crippen LogP contribution is -2.38. The van der Waals surface area contributed by atoms with Crippen molar-refractivity contribution in [3.8, 4) is 0 Å². The Hall–Kier alpha value is -2.74. The van der Waals surface area contributed by atoms with E-state index >= 15 is 0 Å². The van der Waals surface area contributed by atoms with E-state index in [1.54, 1.807) is 12.1 Å². The van der Waals surface area contributed by atoms with Crippen molar-refractivity contribution in [1.82, 2.24) is 25.4 Å². The fourth-order valence-electron chi connectivity index (χ4n) is 4.02. The molecule has 154 valence electrons. The first-order chi connectivity index (χ1) is 13.9. The van der Waals surface area contributed by atoms with Crippen molar-refractivity contribution >= 4 is 16.8 Å². The van der Waals surface area contributed by atoms with Gasteiger partial charge >= 0.3 is 0 Å². The highest BCUT2D eigenvalue weighted by molar-refractivity contribution is 5.99. The molecule has 1 amide bonds. The fourth-order valence-corrected chi connectivity index (χ4v) is 4.02. The third-order valence-corrected chi connectivity index (χ3v) is 5.49. The average Bonchev–Trinajstić information content (AvgIpc) is 3.33. The summed E-state index contributed by atoms with van der Waals surface area (Å²) in [7, 11) is 3.90. The molecule has 0 radical (unpaired) electrons. The van der Waals surface area contributed by atoms with Crippen molar-refractivity contribution in [3.05, 3.63) is 47.1 Å². The second kappa shape index (κ2) is 7.94. The lowest BCUT2D eigenvalue weighted by atomic mass is 9.85. The molecule has 29 heavy (non-hydrogen) atoms. The predicted octanol–water partition coefficient (Wildman–Crippen LogP) is 3.52. The van der Waals surface area contributed by atoms with Gasteiger partial charge in [-0.15, -0.1) is 10.2 Å². The maximum Gasteiger partial charge on any atom is 0.267 e. The summed E-state index contributed by atoms with van der Waals surface area (Å²) in [6.07, 6.45) is 3.59. The number of nitrogens with zero attached hydrogens (tertiary/aromatic N) is 3. The maximum atomic E-state index is 14.0. The molecule has 1 aliphatic rings. The third-order valence-electron chi connectivity index (χ3n) is 5.49. The van der Waals surface area contributed by atoms with Gasteiger partial charge in [0.2, 0.25) is 11.8 Å². The van der Waals surface area contributed by atoms with Crippen molar-refractivity contribution < 1.29 is 13.6 Å². The number of halogens is 1. The number of carbonyl (C=O) groups excluding carboxylic acids is 1. The molecular formula is C21H26FN5O2. The third kappa shape index (κ3) is 4.17. The Balaban J connectivity index is 1.44. The highest BCUT2D eigenvalue weighted by Gasteiger charge is 2.29. The molecule has 1 saturated carbocycles. The van der Waals surface area contributed by atoms with Gasteiger partial charge in [0.05, 0.1) is 12.1 Å². The van der Waals surface area contributed by atoms with Crippen LogP contribution in [0, 0.1) is 12.7 Å². The summed E-state index contributed by atoms with van der Waals surface area (Å²) >= 11 is 0. The number of H-pyrrole nitrogens is 1. The van der Waals surface area contributed by atoms with Crippen LogP contribution in [0.4, 0.5) is 4.39 Å². The minimum absolute atomic E-state index is 0.0165. The number of benzene rings is 1. The van der Waals surface area contributed by atoms with Crippen molar-refractivity contribution in [3.63, 3.8) is 0 Å². The molecule has 2 N–H and O–H groups in total. The topological polar surface area (TPSA) is 87.1 Å². The molecule has 1 fully saturated rings. The number of hydrogen-bond donors (Lipinski definition) is 2. The highest BCUT2D eigenvalue weighted by atomic mass is 19.1. The van der Waals surface area contributed by atoms with Gasteiger partial charge in [0.15, 0.2) is 0 Å². The smallest absolute Gasteiger partial charge is 0.267 e. The van der Waals surface area contributed by atoms with E-state index in [1.165, 1.54) is 6.07 Å². The zero-order valence-electron chi connectivity index (χ0n) is 17.0. The Morgan fingerprint density at radius 1 is 1.34 bits per heavy atom. The number of fused-ring (bicyclic) bond motifs is 1. The summed E-state index contributed by atoms with van der Waals surface area (Å²) in [5.74, 6) is 0.837. The Labute approximate surface area is 168 Å². The van der Waals surface area contributed by atoms with E-state index < -0.39 is 0 Å². The Bertz CT molecular complexity index is 986. The van der Waals surface area contributed by atoms with Gasteiger partial charge in [-0.3, -0.25) is 4.79 Å². The fraction of sp³-hybridized carbons (Fsp3) is 0.476. The highest BCUT2D eigenvalue weighted by Crippen LogP contribution is 2.32. The van der Waals surface area contributed by atoms with Gasteiger partial charge in [0, 0.05) is 17.3 Å². The molecule has 7 nitrogen and oxygen atoms in total. The zero-order valence-corrected chi connectivity index (χ0v) is 17.0. The molecule has 0 unspecified atom stereocenters. The van der Waals surface area contributed by atoms with Crippen LogP contribution in [-0.4, -0.2) is 46.1 Å². The predicted molar refractivity (Wildman–Crippen MR) is 107 cm³/mol. The van der Waals surface area contributed by atoms with Crippen LogP contribution in [0.2, 0.25) is 0 Å². The van der Waals surface area contributed by atoms with Crippen LogP contribution in [0.1, 0.15) is 59.4 Å². The lowest BCUT2D eigenvalue weighted by Gasteiger charge is -2.27. The summed E-state index contributed by atoms with van der Waals surface area (Å²) in [6, 6.07) is 4.73. The molecule has 0 bridgehead atoms. The Morgan fingerprint density at radius 3 is 2.93 bits per heavy atom. The van der Waals surface area contributed by atoms with Crippen LogP contribution in [-0.2, 0) is 6.54 Å². The minimum atomic E-state index is -0.330. The summed E-state index contributed by atoms with van der Waals surface area (Å²) in [5.41, 5.74) is 1.94. The number of aromatic amines is 1. The van der Waals surface area contributed by atoms with E-state index in [9.17, 15) is 9.18 Å². The first-order valence-electron chi connectivity index (χ1n) is 9.96. The molecule has 2 atom stereocenters. The number of hydrogen-bond acceptors (Lipinski definition) is 5. The van der Waals surface area contributed by atoms with Crippen molar-refractivity contribution in [2.24, 2.45) is 0 Å². The second-order valence-electron chi connectivity index (χ2n) is 8.14. The number of aryl methyl sites for hydroxylation is 1. The van der Waals surface area contributed by atoms with E-state index in [-0.39, 0.29) is 23.7 Å². The molecular weight excluding hydrogens is 373 g/mol. The van der Waals surface area contributed by atoms with Crippen LogP contribution in [0.25, 0.3) is 10.9 Å². The standard InChI is InChI=1S/C21H26FN5O2/c1-12-7-8-16(22)15-10-17(24-19(12)15)20(28)23-14-6-4-5-13(9-14)21-26-25-18(29-21)11-27(2)3/h7-8,10,13-14,24H,4-6,9,11H2,1-3H3,(H,23,28)/t13-,14+/m1/s1. The normalized spacial score (nSPS) is 19.8. The number of amides is 1. The van der Waals surface area contributed by atoms with E-state index in [0.717, 1.165) is 31.2 Å². The van der Waals surface area contributed by atoms with Gasteiger partial charge in [0.25, 0.3) is 5.91 Å². The van der Waals surface area contributed by atoms with Crippen LogP contribution in [0.5, 0.6) is 0 Å². The van der Waals surface area contributed by atoms with Crippen LogP contribution in [0.3, 0.4) is 0 Å². The van der Waals surface area contributed by atoms with Gasteiger partial charge in [-0.25, -0.2) is 4.39 Å². The SMILES string of the molecule is Cc1ccc(F)c2cc(C(=O)N[C@H]3CCC[C@@H](c4nnc(CN(C)C)o4)C3)[nH]c12. The number of aromatic nitrogens is 3. The lowest BCUT2D eigenvalue weighted by molar-refractivity contribution is 0.0919. The number of rotatable bonds is 5. The molecule has 2 heterocycles. The van der Waals surface area contributed by atoms with Crippen molar-refractivity contribution in [2.75, 3.05) is 14.1 Å². The molecule has 0 spiro atoms. The molecule has 2 aromatic heterocycles. The monoisotopic (exact) mass is 399 g/mol. The average molecular weight is 399 g/mol. The van der Waals surface area contributed by atoms with Gasteiger partial charge in [-0.05, 0) is 58.0 Å². The summed E-state index contributed by atoms with van der Waals surface area (Å²) in [5, 5.41) is 11.9. The molecule has 0 aliphatic heterocycles. The van der Waals surface area contributed by atoms with E-state index in [0.29, 0.717) is 34.9 Å². The second-order valence-corrected chi connectivity index (χ2v) is 8.14. The van der Waals surface area contributed by atoms with E-state index in [2.05, 4.69) is 20.5 Å². The maximum absolute atomic E-state index is 14.0. The quantitative estimate of drug-likeness (QED) is 0.686. The van der Waals surface area contributed by atoms with Crippen molar-refractivity contribution in [2.45, 2.75) is 51.1 Å². The molecule has 8 heteroatoms. The summed E-state index contributed by atoms with van der Waals surface area (Å²) in [6.45, 7) is 2.50. The van der Waals surface area contributed by atoms with Crippen LogP contribution < -0.4 is 5.32 Å². The van der Waals surface area contributed by atoms with Crippen LogP contribution in [0.15, 0.2) is 22.6 Å². The summed E-state index contributed by atoms with van der Waals surface area (Å²) < 4.78 is 19.9. The van der Waals surface area contributed by atoms with Gasteiger partial charge < -0.3 is 19.6 Å². The van der Waals surface area contributed by atoms with Crippen LogP contribution >= 0.6 is 0 Å². The van der Waals surface area contributed by atoms with Gasteiger partial charge in [0.1, 0.15) is 11.5 Å². The van der Waals surface area contributed by atoms with Gasteiger partial charge in [-0.2, -0.15) is 0 Å². The summed E-state index contributed by atoms with van der Waals surface area (Å²) in [4.78, 5) is 17.8. The number of nitrogens with one attached hydrogen (secondary N) is 2. The molecule has 4 rings (SSSR count). The molecule has 1 aliphatic carbocycles. The van der Waals surface area contributed by atoms with Gasteiger partial charge in [-0.1, -0.05) is 12.5 Å². The first kappa shape index (κ1) is 19.6. The van der Waals surface area contributed by atoms with E-state index in [4.69, 9.17) is 4.42 Å². The first-order valence-corrected chi connectivity index (χ1v) is 9.96. The minimum Gasteiger partial charge on any atom is -0.424 e. The zero-order chi connectivity index (χ0) is 20.5. The number of carbonyl (C=O) groups is 1. The van der Waals surface area contributed by atoms with Crippen molar-refractivity contribution in [1.29, 1.82) is 0 Å². The Kier molecular flexibility index (Phi) is 5.36.